The van der Waals surface area contributed by atoms with Gasteiger partial charge in [0.05, 0.1) is 27.7 Å². The molecule has 0 spiro atoms. The van der Waals surface area contributed by atoms with Crippen molar-refractivity contribution in [2.24, 2.45) is 0 Å². The fourth-order valence-electron chi connectivity index (χ4n) is 3.19. The molecule has 4 heteroatoms. The van der Waals surface area contributed by atoms with Gasteiger partial charge in [0.25, 0.3) is 5.56 Å². The largest absolute Gasteiger partial charge is 0.275 e. The molecule has 0 amide bonds. The van der Waals surface area contributed by atoms with Crippen molar-refractivity contribution >= 4 is 16.4 Å². The van der Waals surface area contributed by atoms with E-state index < -0.39 is 0 Å². The Morgan fingerprint density at radius 3 is 2.12 bits per heavy atom. The zero-order chi connectivity index (χ0) is 17.4. The van der Waals surface area contributed by atoms with Crippen molar-refractivity contribution in [2.75, 3.05) is 0 Å². The molecule has 0 saturated heterocycles. The molecule has 4 rings (SSSR count). The van der Waals surface area contributed by atoms with E-state index in [1.165, 1.54) is 4.40 Å². The summed E-state index contributed by atoms with van der Waals surface area (Å²) in [5.74, 6) is 0. The molecule has 4 aromatic rings. The average Bonchev–Trinajstić information content (AvgIpc) is 2.67. The molecule has 0 radical (unpaired) electrons. The van der Waals surface area contributed by atoms with Gasteiger partial charge >= 0.3 is 0 Å². The van der Waals surface area contributed by atoms with Crippen LogP contribution in [0.2, 0.25) is 0 Å². The number of rotatable bonds is 1. The Hall–Kier alpha value is -3.89. The summed E-state index contributed by atoms with van der Waals surface area (Å²) in [5.41, 5.74) is 2.08. The van der Waals surface area contributed by atoms with Crippen molar-refractivity contribution in [1.82, 2.24) is 4.40 Å². The zero-order valence-corrected chi connectivity index (χ0v) is 13.1. The van der Waals surface area contributed by atoms with Gasteiger partial charge in [-0.1, -0.05) is 54.6 Å². The normalized spacial score (nSPS) is 10.5. The molecule has 25 heavy (non-hydrogen) atoms. The quantitative estimate of drug-likeness (QED) is 0.500. The molecule has 0 bridgehead atoms. The summed E-state index contributed by atoms with van der Waals surface area (Å²) < 4.78 is 1.52. The Labute approximate surface area is 143 Å². The number of benzene rings is 2. The topological polar surface area (TPSA) is 69.1 Å². The number of para-hydroxylation sites is 1. The van der Waals surface area contributed by atoms with E-state index in [4.69, 9.17) is 0 Å². The predicted molar refractivity (Wildman–Crippen MR) is 96.0 cm³/mol. The van der Waals surface area contributed by atoms with Crippen LogP contribution in [0.15, 0.2) is 71.5 Å². The lowest BCUT2D eigenvalue weighted by atomic mass is 9.97. The maximum Gasteiger partial charge on any atom is 0.264 e. The first kappa shape index (κ1) is 14.7. The van der Waals surface area contributed by atoms with Gasteiger partial charge in [-0.05, 0) is 23.1 Å². The Kier molecular flexibility index (Phi) is 3.31. The van der Waals surface area contributed by atoms with Gasteiger partial charge in [0.15, 0.2) is 0 Å². The summed E-state index contributed by atoms with van der Waals surface area (Å²) in [6, 6.07) is 24.2. The highest BCUT2D eigenvalue weighted by atomic mass is 16.1. The van der Waals surface area contributed by atoms with Crippen LogP contribution in [0.25, 0.3) is 27.5 Å². The molecular weight excluding hydrogens is 310 g/mol. The van der Waals surface area contributed by atoms with E-state index in [0.717, 1.165) is 5.39 Å². The monoisotopic (exact) mass is 321 g/mol. The zero-order valence-electron chi connectivity index (χ0n) is 13.1. The van der Waals surface area contributed by atoms with E-state index in [9.17, 15) is 15.3 Å². The van der Waals surface area contributed by atoms with Crippen LogP contribution in [-0.4, -0.2) is 4.40 Å². The molecular formula is C21H11N3O. The number of nitrogens with zero attached hydrogens (tertiary/aromatic N) is 3. The maximum atomic E-state index is 13.3. The maximum absolute atomic E-state index is 13.3. The summed E-state index contributed by atoms with van der Waals surface area (Å²) in [4.78, 5) is 13.3. The van der Waals surface area contributed by atoms with Gasteiger partial charge < -0.3 is 0 Å². The van der Waals surface area contributed by atoms with E-state index in [1.807, 2.05) is 36.4 Å². The molecule has 2 aromatic carbocycles. The SMILES string of the molecule is N#Cc1c(-c2ccccc2)c(=O)n2c(ccc3ccccc32)c1C#N. The van der Waals surface area contributed by atoms with Gasteiger partial charge in [-0.25, -0.2) is 0 Å². The highest BCUT2D eigenvalue weighted by Crippen LogP contribution is 2.27. The van der Waals surface area contributed by atoms with Crippen molar-refractivity contribution in [3.8, 4) is 23.3 Å². The number of nitriles is 2. The van der Waals surface area contributed by atoms with Gasteiger partial charge in [-0.3, -0.25) is 9.20 Å². The van der Waals surface area contributed by atoms with E-state index >= 15 is 0 Å². The van der Waals surface area contributed by atoms with Crippen LogP contribution >= 0.6 is 0 Å². The summed E-state index contributed by atoms with van der Waals surface area (Å²) in [7, 11) is 0. The summed E-state index contributed by atoms with van der Waals surface area (Å²) in [6.45, 7) is 0. The van der Waals surface area contributed by atoms with Gasteiger partial charge in [0.2, 0.25) is 0 Å². The second-order valence-corrected chi connectivity index (χ2v) is 5.63. The van der Waals surface area contributed by atoms with E-state index in [-0.39, 0.29) is 22.2 Å². The molecule has 0 aliphatic carbocycles. The van der Waals surface area contributed by atoms with Gasteiger partial charge in [-0.2, -0.15) is 10.5 Å². The number of fused-ring (bicyclic) bond motifs is 3. The van der Waals surface area contributed by atoms with Crippen molar-refractivity contribution < 1.29 is 0 Å². The Morgan fingerprint density at radius 1 is 0.720 bits per heavy atom. The second kappa shape index (κ2) is 5.63. The predicted octanol–water partition coefficient (Wildman–Crippen LogP) is 3.86. The molecule has 116 valence electrons. The molecule has 0 unspecified atom stereocenters. The molecule has 2 aromatic heterocycles. The Balaban J connectivity index is 2.33. The van der Waals surface area contributed by atoms with Crippen molar-refractivity contribution in [3.63, 3.8) is 0 Å². The first-order valence-corrected chi connectivity index (χ1v) is 7.72. The molecule has 4 nitrogen and oxygen atoms in total. The van der Waals surface area contributed by atoms with Gasteiger partial charge in [0.1, 0.15) is 12.1 Å². The summed E-state index contributed by atoms with van der Waals surface area (Å²) in [5, 5.41) is 20.2. The molecule has 0 N–H and O–H groups in total. The van der Waals surface area contributed by atoms with Crippen LogP contribution in [0.5, 0.6) is 0 Å². The summed E-state index contributed by atoms with van der Waals surface area (Å²) >= 11 is 0. The first-order chi connectivity index (χ1) is 12.3. The fraction of sp³-hybridized carbons (Fsp3) is 0. The minimum Gasteiger partial charge on any atom is -0.275 e. The molecule has 0 saturated carbocycles. The van der Waals surface area contributed by atoms with Crippen molar-refractivity contribution in [3.05, 3.63) is 88.2 Å². The third-order valence-corrected chi connectivity index (χ3v) is 4.30. The molecule has 0 aliphatic heterocycles. The number of hydrogen-bond donors (Lipinski definition) is 0. The van der Waals surface area contributed by atoms with E-state index in [0.29, 0.717) is 16.6 Å². The van der Waals surface area contributed by atoms with Crippen molar-refractivity contribution in [1.29, 1.82) is 10.5 Å². The lowest BCUT2D eigenvalue weighted by Gasteiger charge is -2.12. The smallest absolute Gasteiger partial charge is 0.264 e. The Bertz CT molecular complexity index is 1270. The van der Waals surface area contributed by atoms with Crippen molar-refractivity contribution in [2.45, 2.75) is 0 Å². The summed E-state index contributed by atoms with van der Waals surface area (Å²) in [6.07, 6.45) is 0. The third kappa shape index (κ3) is 2.09. The average molecular weight is 321 g/mol. The molecule has 0 aliphatic rings. The Morgan fingerprint density at radius 2 is 1.40 bits per heavy atom. The standard InChI is InChI=1S/C21H11N3O/c22-12-16-17(13-23)20(15-7-2-1-3-8-15)21(25)24-18-9-5-4-6-14(18)10-11-19(16)24/h1-11H. The molecule has 0 fully saturated rings. The second-order valence-electron chi connectivity index (χ2n) is 5.63. The van der Waals surface area contributed by atoms with Crippen LogP contribution in [0.4, 0.5) is 0 Å². The van der Waals surface area contributed by atoms with Crippen LogP contribution in [-0.2, 0) is 0 Å². The highest BCUT2D eigenvalue weighted by Gasteiger charge is 2.20. The lowest BCUT2D eigenvalue weighted by molar-refractivity contribution is 1.14. The molecule has 2 heterocycles. The van der Waals surface area contributed by atoms with Crippen LogP contribution in [0, 0.1) is 22.7 Å². The third-order valence-electron chi connectivity index (χ3n) is 4.30. The lowest BCUT2D eigenvalue weighted by Crippen LogP contribution is -2.20. The van der Waals surface area contributed by atoms with Crippen LogP contribution in [0.3, 0.4) is 0 Å². The minimum absolute atomic E-state index is 0.119. The van der Waals surface area contributed by atoms with Crippen LogP contribution < -0.4 is 5.56 Å². The van der Waals surface area contributed by atoms with Crippen LogP contribution in [0.1, 0.15) is 11.1 Å². The number of hydrogen-bond acceptors (Lipinski definition) is 3. The number of aromatic nitrogens is 1. The van der Waals surface area contributed by atoms with Gasteiger partial charge in [-0.15, -0.1) is 0 Å². The number of pyridine rings is 2. The highest BCUT2D eigenvalue weighted by molar-refractivity contribution is 5.87. The molecule has 0 atom stereocenters. The minimum atomic E-state index is -0.298. The van der Waals surface area contributed by atoms with Gasteiger partial charge in [0, 0.05) is 0 Å². The van der Waals surface area contributed by atoms with E-state index in [2.05, 4.69) is 12.1 Å². The first-order valence-electron chi connectivity index (χ1n) is 7.72. The fourth-order valence-corrected chi connectivity index (χ4v) is 3.19. The van der Waals surface area contributed by atoms with E-state index in [1.54, 1.807) is 30.3 Å².